The molecule has 44 heavy (non-hydrogen) atoms. The van der Waals surface area contributed by atoms with Crippen molar-refractivity contribution >= 4 is 23.2 Å². The number of carboxylic acids is 1. The van der Waals surface area contributed by atoms with Gasteiger partial charge in [-0.2, -0.15) is 5.10 Å². The van der Waals surface area contributed by atoms with E-state index in [1.807, 2.05) is 30.0 Å². The number of nitrogens with zero attached hydrogens (tertiary/aromatic N) is 6. The Kier molecular flexibility index (Phi) is 6.80. The summed E-state index contributed by atoms with van der Waals surface area (Å²) in [5.74, 6) is -2.71. The van der Waals surface area contributed by atoms with E-state index in [2.05, 4.69) is 21.1 Å². The van der Waals surface area contributed by atoms with Gasteiger partial charge in [-0.1, -0.05) is 24.3 Å². The summed E-state index contributed by atoms with van der Waals surface area (Å²) < 4.78 is 31.3. The number of halogens is 2. The number of benzene rings is 2. The SMILES string of the molecule is C[C@@H]1c2ccccc2CCN1C(=O)c1cc(-c2cncc(F)c2)n2nc(-c3ccc(N4CCC(C(=O)O)C4)cc3F)cc2n1. The lowest BCUT2D eigenvalue weighted by molar-refractivity contribution is -0.140. The van der Waals surface area contributed by atoms with E-state index in [4.69, 9.17) is 0 Å². The molecular formula is C33H28F2N6O3. The molecule has 9 nitrogen and oxygen atoms in total. The second-order valence-electron chi connectivity index (χ2n) is 11.3. The number of hydrogen-bond acceptors (Lipinski definition) is 6. The van der Waals surface area contributed by atoms with Crippen LogP contribution in [-0.4, -0.2) is 61.1 Å². The number of carboxylic acid groups (broad SMARTS) is 1. The number of anilines is 1. The third kappa shape index (κ3) is 4.83. The van der Waals surface area contributed by atoms with Crippen LogP contribution in [0, 0.1) is 17.6 Å². The molecule has 0 aliphatic carbocycles. The standard InChI is InChI=1S/C33H28F2N6O3/c1-19-25-5-3-2-4-20(25)9-11-40(19)32(42)29-14-30(22-12-23(34)17-36-16-22)41-31(37-29)15-28(38-41)26-7-6-24(13-27(26)35)39-10-8-21(18-39)33(43)44/h2-7,12-17,19,21H,8-11,18H2,1H3,(H,43,44)/t19-,21?/m1/s1. The summed E-state index contributed by atoms with van der Waals surface area (Å²) in [6, 6.07) is 17.1. The molecule has 1 unspecified atom stereocenters. The Balaban J connectivity index is 1.28. The largest absolute Gasteiger partial charge is 0.481 e. The van der Waals surface area contributed by atoms with Gasteiger partial charge in [-0.05, 0) is 61.2 Å². The lowest BCUT2D eigenvalue weighted by Crippen LogP contribution is -2.39. The molecule has 2 atom stereocenters. The van der Waals surface area contributed by atoms with Crippen LogP contribution in [0.3, 0.4) is 0 Å². The monoisotopic (exact) mass is 594 g/mol. The molecule has 5 aromatic rings. The number of aromatic nitrogens is 4. The molecule has 1 amide bonds. The Morgan fingerprint density at radius 1 is 1.00 bits per heavy atom. The summed E-state index contributed by atoms with van der Waals surface area (Å²) in [5, 5.41) is 13.9. The molecule has 11 heteroatoms. The maximum absolute atomic E-state index is 15.5. The zero-order valence-corrected chi connectivity index (χ0v) is 23.8. The quantitative estimate of drug-likeness (QED) is 0.290. The van der Waals surface area contributed by atoms with Gasteiger partial charge in [0.15, 0.2) is 5.65 Å². The van der Waals surface area contributed by atoms with Crippen molar-refractivity contribution in [1.29, 1.82) is 0 Å². The third-order valence-electron chi connectivity index (χ3n) is 8.63. The molecule has 3 aromatic heterocycles. The molecule has 222 valence electrons. The van der Waals surface area contributed by atoms with Gasteiger partial charge in [-0.3, -0.25) is 14.6 Å². The molecule has 0 bridgehead atoms. The van der Waals surface area contributed by atoms with Crippen LogP contribution in [0.4, 0.5) is 14.5 Å². The van der Waals surface area contributed by atoms with Crippen LogP contribution < -0.4 is 4.90 Å². The minimum absolute atomic E-state index is 0.160. The summed E-state index contributed by atoms with van der Waals surface area (Å²) in [5.41, 5.74) is 4.60. The van der Waals surface area contributed by atoms with E-state index < -0.39 is 23.5 Å². The van der Waals surface area contributed by atoms with E-state index >= 15 is 4.39 Å². The predicted molar refractivity (Wildman–Crippen MR) is 159 cm³/mol. The van der Waals surface area contributed by atoms with Gasteiger partial charge in [0.25, 0.3) is 5.91 Å². The first-order valence-electron chi connectivity index (χ1n) is 14.4. The molecule has 0 spiro atoms. The number of amides is 1. The molecule has 2 aliphatic heterocycles. The maximum Gasteiger partial charge on any atom is 0.308 e. The van der Waals surface area contributed by atoms with Crippen molar-refractivity contribution in [3.05, 3.63) is 102 Å². The Labute approximate surface area is 251 Å². The minimum Gasteiger partial charge on any atom is -0.481 e. The van der Waals surface area contributed by atoms with E-state index in [9.17, 15) is 19.1 Å². The molecule has 0 radical (unpaired) electrons. The molecule has 5 heterocycles. The van der Waals surface area contributed by atoms with Crippen LogP contribution in [0.25, 0.3) is 28.2 Å². The van der Waals surface area contributed by atoms with Crippen molar-refractivity contribution in [2.45, 2.75) is 25.8 Å². The summed E-state index contributed by atoms with van der Waals surface area (Å²) in [6.45, 7) is 3.35. The molecule has 2 aliphatic rings. The molecule has 7 rings (SSSR count). The van der Waals surface area contributed by atoms with Crippen LogP contribution in [0.15, 0.2) is 73.1 Å². The maximum atomic E-state index is 15.5. The number of aliphatic carboxylic acids is 1. The van der Waals surface area contributed by atoms with E-state index in [1.54, 1.807) is 29.2 Å². The molecular weight excluding hydrogens is 566 g/mol. The second-order valence-corrected chi connectivity index (χ2v) is 11.3. The first-order chi connectivity index (χ1) is 21.3. The highest BCUT2D eigenvalue weighted by atomic mass is 19.1. The minimum atomic E-state index is -0.858. The number of carbonyl (C=O) groups is 2. The zero-order chi connectivity index (χ0) is 30.5. The van der Waals surface area contributed by atoms with E-state index in [1.165, 1.54) is 28.4 Å². The Bertz CT molecular complexity index is 1940. The molecule has 1 saturated heterocycles. The van der Waals surface area contributed by atoms with Gasteiger partial charge >= 0.3 is 5.97 Å². The fraction of sp³-hybridized carbons (Fsp3) is 0.242. The average Bonchev–Trinajstić information content (AvgIpc) is 3.69. The number of fused-ring (bicyclic) bond motifs is 2. The van der Waals surface area contributed by atoms with E-state index in [-0.39, 0.29) is 28.9 Å². The highest BCUT2D eigenvalue weighted by Crippen LogP contribution is 2.33. The lowest BCUT2D eigenvalue weighted by Gasteiger charge is -2.35. The lowest BCUT2D eigenvalue weighted by atomic mass is 9.93. The summed E-state index contributed by atoms with van der Waals surface area (Å²) >= 11 is 0. The molecule has 2 aromatic carbocycles. The van der Waals surface area contributed by atoms with Gasteiger partial charge in [0, 0.05) is 48.7 Å². The Hall–Kier alpha value is -5.19. The molecule has 1 N–H and O–H groups in total. The fourth-order valence-electron chi connectivity index (χ4n) is 6.27. The van der Waals surface area contributed by atoms with Gasteiger partial charge < -0.3 is 14.9 Å². The zero-order valence-electron chi connectivity index (χ0n) is 23.8. The van der Waals surface area contributed by atoms with Crippen LogP contribution in [-0.2, 0) is 11.2 Å². The first-order valence-corrected chi connectivity index (χ1v) is 14.4. The van der Waals surface area contributed by atoms with Crippen LogP contribution in [0.2, 0.25) is 0 Å². The number of pyridine rings is 1. The Morgan fingerprint density at radius 2 is 1.84 bits per heavy atom. The first kappa shape index (κ1) is 27.6. The third-order valence-corrected chi connectivity index (χ3v) is 8.63. The van der Waals surface area contributed by atoms with Gasteiger partial charge in [0.05, 0.1) is 29.5 Å². The van der Waals surface area contributed by atoms with Crippen molar-refractivity contribution in [2.75, 3.05) is 24.5 Å². The summed E-state index contributed by atoms with van der Waals surface area (Å²) in [6.07, 6.45) is 3.78. The van der Waals surface area contributed by atoms with E-state index in [0.29, 0.717) is 48.6 Å². The summed E-state index contributed by atoms with van der Waals surface area (Å²) in [7, 11) is 0. The number of rotatable bonds is 5. The van der Waals surface area contributed by atoms with Gasteiger partial charge in [-0.25, -0.2) is 18.3 Å². The van der Waals surface area contributed by atoms with Crippen LogP contribution in [0.5, 0.6) is 0 Å². The predicted octanol–water partition coefficient (Wildman–Crippen LogP) is 5.41. The van der Waals surface area contributed by atoms with Crippen LogP contribution >= 0.6 is 0 Å². The van der Waals surface area contributed by atoms with Crippen molar-refractivity contribution in [1.82, 2.24) is 24.5 Å². The van der Waals surface area contributed by atoms with Crippen molar-refractivity contribution in [3.63, 3.8) is 0 Å². The Morgan fingerprint density at radius 3 is 2.61 bits per heavy atom. The number of carbonyl (C=O) groups excluding carboxylic acids is 1. The van der Waals surface area contributed by atoms with Crippen molar-refractivity contribution in [2.24, 2.45) is 5.92 Å². The van der Waals surface area contributed by atoms with Gasteiger partial charge in [0.2, 0.25) is 0 Å². The van der Waals surface area contributed by atoms with Crippen molar-refractivity contribution < 1.29 is 23.5 Å². The average molecular weight is 595 g/mol. The van der Waals surface area contributed by atoms with Crippen LogP contribution in [0.1, 0.15) is 41.0 Å². The van der Waals surface area contributed by atoms with Crippen molar-refractivity contribution in [3.8, 4) is 22.5 Å². The van der Waals surface area contributed by atoms with Gasteiger partial charge in [0.1, 0.15) is 17.3 Å². The highest BCUT2D eigenvalue weighted by molar-refractivity contribution is 5.94. The highest BCUT2D eigenvalue weighted by Gasteiger charge is 2.31. The number of hydrogen-bond donors (Lipinski definition) is 1. The summed E-state index contributed by atoms with van der Waals surface area (Å²) in [4.78, 5) is 37.5. The molecule has 0 saturated carbocycles. The molecule has 1 fully saturated rings. The smallest absolute Gasteiger partial charge is 0.308 e. The topological polar surface area (TPSA) is 104 Å². The van der Waals surface area contributed by atoms with E-state index in [0.717, 1.165) is 18.2 Å². The van der Waals surface area contributed by atoms with Gasteiger partial charge in [-0.15, -0.1) is 0 Å². The second kappa shape index (κ2) is 10.8. The fourth-order valence-corrected chi connectivity index (χ4v) is 6.27. The normalized spacial score (nSPS) is 18.1.